The van der Waals surface area contributed by atoms with Gasteiger partial charge in [0.15, 0.2) is 0 Å². The summed E-state index contributed by atoms with van der Waals surface area (Å²) in [6.07, 6.45) is 0.503. The second-order valence-electron chi connectivity index (χ2n) is 6.04. The van der Waals surface area contributed by atoms with Crippen molar-refractivity contribution in [2.75, 3.05) is 5.32 Å². The number of halogens is 1. The van der Waals surface area contributed by atoms with Crippen molar-refractivity contribution >= 4 is 44.6 Å². The van der Waals surface area contributed by atoms with Crippen LogP contribution in [0.1, 0.15) is 28.0 Å². The Morgan fingerprint density at radius 2 is 1.97 bits per heavy atom. The summed E-state index contributed by atoms with van der Waals surface area (Å²) in [6.45, 7) is 2.03. The van der Waals surface area contributed by atoms with Crippen LogP contribution in [0.4, 0.5) is 5.69 Å². The van der Waals surface area contributed by atoms with E-state index >= 15 is 0 Å². The Hall–Kier alpha value is -2.46. The van der Waals surface area contributed by atoms with E-state index in [1.165, 1.54) is 17.4 Å². The number of sulfonamides is 1. The highest BCUT2D eigenvalue weighted by Crippen LogP contribution is 2.22. The summed E-state index contributed by atoms with van der Waals surface area (Å²) in [7, 11) is -3.89. The molecule has 1 amide bonds. The molecule has 0 atom stereocenters. The summed E-state index contributed by atoms with van der Waals surface area (Å²) in [4.78, 5) is 16.7. The first-order valence-electron chi connectivity index (χ1n) is 8.56. The lowest BCUT2D eigenvalue weighted by molar-refractivity contribution is 0.102. The van der Waals surface area contributed by atoms with E-state index < -0.39 is 15.9 Å². The van der Waals surface area contributed by atoms with Gasteiger partial charge in [0.1, 0.15) is 23.1 Å². The number of hydrogen-bond donors (Lipinski definition) is 2. The van der Waals surface area contributed by atoms with E-state index in [0.717, 1.165) is 0 Å². The standard InChI is InChI=1S/C19H18ClN3O4S2/c1-2-12-3-6-14(9-17(12)29(21,25)26)22-19(24)16-11-28-18(23-16)10-27-15-7-4-13(20)5-8-15/h3-9,11H,2,10H2,1H3,(H,22,24)(H2,21,25,26). The predicted molar refractivity (Wildman–Crippen MR) is 113 cm³/mol. The molecule has 3 N–H and O–H groups in total. The first-order chi connectivity index (χ1) is 13.8. The summed E-state index contributed by atoms with van der Waals surface area (Å²) < 4.78 is 29.1. The average molecular weight is 452 g/mol. The number of rotatable bonds is 7. The van der Waals surface area contributed by atoms with E-state index in [2.05, 4.69) is 10.3 Å². The van der Waals surface area contributed by atoms with E-state index in [1.54, 1.807) is 41.8 Å². The number of nitrogens with zero attached hydrogens (tertiary/aromatic N) is 1. The molecule has 0 fully saturated rings. The number of anilines is 1. The molecule has 7 nitrogen and oxygen atoms in total. The molecule has 2 aromatic carbocycles. The third-order valence-electron chi connectivity index (χ3n) is 3.97. The van der Waals surface area contributed by atoms with Crippen molar-refractivity contribution in [3.63, 3.8) is 0 Å². The summed E-state index contributed by atoms with van der Waals surface area (Å²) in [5, 5.41) is 10.8. The molecule has 0 spiro atoms. The Kier molecular flexibility index (Phi) is 6.53. The summed E-state index contributed by atoms with van der Waals surface area (Å²) in [6, 6.07) is 11.5. The van der Waals surface area contributed by atoms with Crippen molar-refractivity contribution in [1.82, 2.24) is 4.98 Å². The summed E-state index contributed by atoms with van der Waals surface area (Å²) in [5.41, 5.74) is 1.12. The van der Waals surface area contributed by atoms with Crippen molar-refractivity contribution in [3.05, 3.63) is 69.1 Å². The second-order valence-corrected chi connectivity index (χ2v) is 8.95. The molecule has 0 bridgehead atoms. The number of thiazole rings is 1. The smallest absolute Gasteiger partial charge is 0.275 e. The molecule has 1 aromatic heterocycles. The lowest BCUT2D eigenvalue weighted by Gasteiger charge is -2.09. The van der Waals surface area contributed by atoms with Crippen molar-refractivity contribution in [3.8, 4) is 5.75 Å². The largest absolute Gasteiger partial charge is 0.486 e. The van der Waals surface area contributed by atoms with Crippen LogP contribution in [0.5, 0.6) is 5.75 Å². The zero-order valence-electron chi connectivity index (χ0n) is 15.4. The monoisotopic (exact) mass is 451 g/mol. The maximum absolute atomic E-state index is 12.5. The van der Waals surface area contributed by atoms with Crippen LogP contribution in [0, 0.1) is 0 Å². The fourth-order valence-electron chi connectivity index (χ4n) is 2.54. The number of amides is 1. The lowest BCUT2D eigenvalue weighted by Crippen LogP contribution is -2.17. The summed E-state index contributed by atoms with van der Waals surface area (Å²) >= 11 is 7.12. The maximum Gasteiger partial charge on any atom is 0.275 e. The number of aryl methyl sites for hydroxylation is 1. The van der Waals surface area contributed by atoms with Gasteiger partial charge in [0.05, 0.1) is 4.90 Å². The molecular formula is C19H18ClN3O4S2. The maximum atomic E-state index is 12.5. The number of carbonyl (C=O) groups is 1. The van der Waals surface area contributed by atoms with Crippen LogP contribution in [0.2, 0.25) is 5.02 Å². The van der Waals surface area contributed by atoms with Gasteiger partial charge in [0.2, 0.25) is 10.0 Å². The molecular weight excluding hydrogens is 434 g/mol. The van der Waals surface area contributed by atoms with Crippen LogP contribution in [0.15, 0.2) is 52.7 Å². The third-order valence-corrected chi connectivity index (χ3v) is 6.04. The van der Waals surface area contributed by atoms with E-state index in [4.69, 9.17) is 21.5 Å². The van der Waals surface area contributed by atoms with Gasteiger partial charge in [-0.25, -0.2) is 18.5 Å². The number of hydrogen-bond acceptors (Lipinski definition) is 6. The first-order valence-corrected chi connectivity index (χ1v) is 11.4. The summed E-state index contributed by atoms with van der Waals surface area (Å²) in [5.74, 6) is 0.186. The number of nitrogens with two attached hydrogens (primary N) is 1. The van der Waals surface area contributed by atoms with E-state index in [-0.39, 0.29) is 17.2 Å². The van der Waals surface area contributed by atoms with E-state index in [9.17, 15) is 13.2 Å². The van der Waals surface area contributed by atoms with Crippen molar-refractivity contribution in [1.29, 1.82) is 0 Å². The molecule has 3 rings (SSSR count). The average Bonchev–Trinajstić information content (AvgIpc) is 3.16. The quantitative estimate of drug-likeness (QED) is 0.566. The minimum Gasteiger partial charge on any atom is -0.486 e. The van der Waals surface area contributed by atoms with Crippen LogP contribution in [-0.4, -0.2) is 19.3 Å². The molecule has 0 unspecified atom stereocenters. The predicted octanol–water partition coefficient (Wildman–Crippen LogP) is 3.84. The van der Waals surface area contributed by atoms with Crippen LogP contribution in [0.25, 0.3) is 0 Å². The molecule has 0 saturated carbocycles. The van der Waals surface area contributed by atoms with Gasteiger partial charge < -0.3 is 10.1 Å². The minimum absolute atomic E-state index is 0.00636. The normalized spacial score (nSPS) is 11.3. The molecule has 1 heterocycles. The number of ether oxygens (including phenoxy) is 1. The van der Waals surface area contributed by atoms with Gasteiger partial charge in [-0.2, -0.15) is 0 Å². The van der Waals surface area contributed by atoms with Crippen LogP contribution in [0.3, 0.4) is 0 Å². The number of nitrogens with one attached hydrogen (secondary N) is 1. The van der Waals surface area contributed by atoms with E-state index in [0.29, 0.717) is 33.5 Å². The molecule has 0 saturated heterocycles. The second kappa shape index (κ2) is 8.91. The van der Waals surface area contributed by atoms with Gasteiger partial charge in [-0.3, -0.25) is 4.79 Å². The molecule has 10 heteroatoms. The Morgan fingerprint density at radius 1 is 1.24 bits per heavy atom. The number of carbonyl (C=O) groups excluding carboxylic acids is 1. The van der Waals surface area contributed by atoms with Gasteiger partial charge in [0, 0.05) is 16.1 Å². The fraction of sp³-hybridized carbons (Fsp3) is 0.158. The topological polar surface area (TPSA) is 111 Å². The highest BCUT2D eigenvalue weighted by molar-refractivity contribution is 7.89. The molecule has 0 aliphatic carbocycles. The van der Waals surface area contributed by atoms with E-state index in [1.807, 2.05) is 6.92 Å². The highest BCUT2D eigenvalue weighted by atomic mass is 35.5. The van der Waals surface area contributed by atoms with Crippen LogP contribution >= 0.6 is 22.9 Å². The van der Waals surface area contributed by atoms with Gasteiger partial charge in [-0.1, -0.05) is 24.6 Å². The van der Waals surface area contributed by atoms with Gasteiger partial charge in [0.25, 0.3) is 5.91 Å². The fourth-order valence-corrected chi connectivity index (χ4v) is 4.22. The molecule has 0 aliphatic rings. The van der Waals surface area contributed by atoms with Crippen molar-refractivity contribution in [2.24, 2.45) is 5.14 Å². The Balaban J connectivity index is 1.68. The SMILES string of the molecule is CCc1ccc(NC(=O)c2csc(COc3ccc(Cl)cc3)n2)cc1S(N)(=O)=O. The minimum atomic E-state index is -3.89. The zero-order valence-corrected chi connectivity index (χ0v) is 17.8. The molecule has 0 aliphatic heterocycles. The first kappa shape index (κ1) is 21.3. The van der Waals surface area contributed by atoms with Crippen LogP contribution in [-0.2, 0) is 23.1 Å². The van der Waals surface area contributed by atoms with Gasteiger partial charge >= 0.3 is 0 Å². The lowest BCUT2D eigenvalue weighted by atomic mass is 10.1. The molecule has 152 valence electrons. The Labute approximate surface area is 177 Å². The van der Waals surface area contributed by atoms with Gasteiger partial charge in [-0.15, -0.1) is 11.3 Å². The van der Waals surface area contributed by atoms with Crippen molar-refractivity contribution < 1.29 is 17.9 Å². The third kappa shape index (κ3) is 5.54. The highest BCUT2D eigenvalue weighted by Gasteiger charge is 2.16. The molecule has 3 aromatic rings. The number of primary sulfonamides is 1. The molecule has 29 heavy (non-hydrogen) atoms. The Bertz CT molecular complexity index is 1130. The van der Waals surface area contributed by atoms with Gasteiger partial charge in [-0.05, 0) is 48.4 Å². The number of aromatic nitrogens is 1. The number of benzene rings is 2. The molecule has 0 radical (unpaired) electrons. The van der Waals surface area contributed by atoms with Crippen LogP contribution < -0.4 is 15.2 Å². The van der Waals surface area contributed by atoms with Crippen molar-refractivity contribution in [2.45, 2.75) is 24.8 Å². The zero-order chi connectivity index (χ0) is 21.0. The Morgan fingerprint density at radius 3 is 2.62 bits per heavy atom.